The number of ether oxygens (including phenoxy) is 1. The Morgan fingerprint density at radius 3 is 2.55 bits per heavy atom. The molecule has 2 aromatic carbocycles. The Morgan fingerprint density at radius 2 is 1.86 bits per heavy atom. The number of aliphatic imine (C=N–C) groups is 1. The van der Waals surface area contributed by atoms with Gasteiger partial charge in [0.15, 0.2) is 5.96 Å². The van der Waals surface area contributed by atoms with Crippen molar-refractivity contribution in [1.82, 2.24) is 26.3 Å². The van der Waals surface area contributed by atoms with E-state index in [0.717, 1.165) is 5.56 Å². The molecule has 3 aromatic rings. The lowest BCUT2D eigenvalue weighted by Crippen LogP contribution is -2.48. The van der Waals surface area contributed by atoms with Gasteiger partial charge in [0.25, 0.3) is 11.8 Å². The van der Waals surface area contributed by atoms with Crippen LogP contribution in [-0.4, -0.2) is 85.6 Å². The van der Waals surface area contributed by atoms with Crippen molar-refractivity contribution in [2.24, 2.45) is 4.99 Å². The summed E-state index contributed by atoms with van der Waals surface area (Å²) in [7, 11) is 0. The molecular formula is C29H30Cl2FN7O5. The number of benzene rings is 2. The Morgan fingerprint density at radius 1 is 1.07 bits per heavy atom. The Bertz CT molecular complexity index is 1490. The third-order valence-corrected chi connectivity index (χ3v) is 6.89. The van der Waals surface area contributed by atoms with Gasteiger partial charge in [-0.25, -0.2) is 9.38 Å². The minimum absolute atomic E-state index is 0.0308. The second-order valence-electron chi connectivity index (χ2n) is 9.59. The van der Waals surface area contributed by atoms with Crippen molar-refractivity contribution in [2.75, 3.05) is 44.9 Å². The third-order valence-electron chi connectivity index (χ3n) is 6.29. The first kappa shape index (κ1) is 32.6. The first-order chi connectivity index (χ1) is 21.2. The maximum absolute atomic E-state index is 13.3. The SMILES string of the molecule is O=C(CNC(=O)c1cccc(NC2=NCC(F)CN2)c1)NC[C@@H](COCO)NC(=O)c1c(Cl)cc(-c2cccnc2)cc1Cl. The zero-order valence-corrected chi connectivity index (χ0v) is 24.8. The topological polar surface area (TPSA) is 166 Å². The summed E-state index contributed by atoms with van der Waals surface area (Å²) in [6.45, 7) is -0.994. The van der Waals surface area contributed by atoms with Crippen molar-refractivity contribution in [3.63, 3.8) is 0 Å². The lowest BCUT2D eigenvalue weighted by Gasteiger charge is -2.20. The van der Waals surface area contributed by atoms with Crippen molar-refractivity contribution in [1.29, 1.82) is 0 Å². The maximum Gasteiger partial charge on any atom is 0.254 e. The number of aliphatic hydroxyl groups excluding tert-OH is 1. The molecule has 0 saturated carbocycles. The molecule has 0 aliphatic carbocycles. The van der Waals surface area contributed by atoms with Crippen LogP contribution in [-0.2, 0) is 9.53 Å². The molecule has 0 spiro atoms. The average molecular weight is 647 g/mol. The minimum Gasteiger partial charge on any atom is -0.371 e. The van der Waals surface area contributed by atoms with Gasteiger partial charge in [0.1, 0.15) is 13.0 Å². The van der Waals surface area contributed by atoms with Crippen molar-refractivity contribution in [3.8, 4) is 11.1 Å². The van der Waals surface area contributed by atoms with Gasteiger partial charge in [0.05, 0.1) is 47.9 Å². The fourth-order valence-corrected chi connectivity index (χ4v) is 4.79. The molecule has 2 heterocycles. The van der Waals surface area contributed by atoms with Gasteiger partial charge < -0.3 is 36.4 Å². The normalized spacial score (nSPS) is 14.9. The molecule has 0 radical (unpaired) electrons. The number of carbonyl (C=O) groups is 3. The Labute approximate surface area is 262 Å². The zero-order chi connectivity index (χ0) is 31.5. The van der Waals surface area contributed by atoms with Crippen molar-refractivity contribution >= 4 is 52.6 Å². The van der Waals surface area contributed by atoms with Crippen LogP contribution in [0.5, 0.6) is 0 Å². The van der Waals surface area contributed by atoms with E-state index in [2.05, 4.69) is 36.6 Å². The number of alkyl halides is 1. The van der Waals surface area contributed by atoms with Crippen LogP contribution in [0.15, 0.2) is 65.9 Å². The number of aromatic nitrogens is 1. The van der Waals surface area contributed by atoms with E-state index in [1.54, 1.807) is 54.9 Å². The number of nitrogens with one attached hydrogen (secondary N) is 5. The molecule has 6 N–H and O–H groups in total. The molecule has 1 aliphatic heterocycles. The fraction of sp³-hybridized carbons (Fsp3) is 0.276. The number of amides is 3. The molecule has 44 heavy (non-hydrogen) atoms. The number of hydrogen-bond acceptors (Lipinski definition) is 9. The molecule has 12 nitrogen and oxygen atoms in total. The van der Waals surface area contributed by atoms with Crippen LogP contribution in [0.2, 0.25) is 10.0 Å². The Hall–Kier alpha value is -4.30. The van der Waals surface area contributed by atoms with Crippen LogP contribution >= 0.6 is 23.2 Å². The third kappa shape index (κ3) is 9.35. The summed E-state index contributed by atoms with van der Waals surface area (Å²) in [5, 5.41) is 23.0. The minimum atomic E-state index is -1.05. The molecule has 15 heteroatoms. The predicted molar refractivity (Wildman–Crippen MR) is 165 cm³/mol. The molecule has 1 aromatic heterocycles. The van der Waals surface area contributed by atoms with E-state index in [1.807, 2.05) is 6.07 Å². The molecule has 232 valence electrons. The number of rotatable bonds is 12. The number of anilines is 1. The van der Waals surface area contributed by atoms with Gasteiger partial charge in [-0.05, 0) is 42.0 Å². The summed E-state index contributed by atoms with van der Waals surface area (Å²) in [6, 6.07) is 12.5. The zero-order valence-electron chi connectivity index (χ0n) is 23.3. The second kappa shape index (κ2) is 16.0. The average Bonchev–Trinajstić information content (AvgIpc) is 3.02. The number of halogens is 3. The molecule has 1 unspecified atom stereocenters. The lowest BCUT2D eigenvalue weighted by molar-refractivity contribution is -0.120. The van der Waals surface area contributed by atoms with Gasteiger partial charge in [0, 0.05) is 35.8 Å². The highest BCUT2D eigenvalue weighted by Crippen LogP contribution is 2.31. The van der Waals surface area contributed by atoms with E-state index in [-0.39, 0.29) is 54.0 Å². The van der Waals surface area contributed by atoms with Gasteiger partial charge in [0.2, 0.25) is 5.91 Å². The predicted octanol–water partition coefficient (Wildman–Crippen LogP) is 2.38. The molecule has 3 amide bonds. The van der Waals surface area contributed by atoms with Crippen molar-refractivity contribution in [2.45, 2.75) is 12.2 Å². The van der Waals surface area contributed by atoms with E-state index in [0.29, 0.717) is 17.2 Å². The highest BCUT2D eigenvalue weighted by atomic mass is 35.5. The van der Waals surface area contributed by atoms with Gasteiger partial charge >= 0.3 is 0 Å². The number of guanidine groups is 1. The highest BCUT2D eigenvalue weighted by Gasteiger charge is 2.21. The summed E-state index contributed by atoms with van der Waals surface area (Å²) in [5.74, 6) is -1.25. The van der Waals surface area contributed by atoms with Gasteiger partial charge in [-0.1, -0.05) is 35.3 Å². The van der Waals surface area contributed by atoms with E-state index in [1.165, 1.54) is 0 Å². The number of hydrogen-bond donors (Lipinski definition) is 6. The van der Waals surface area contributed by atoms with Gasteiger partial charge in [-0.3, -0.25) is 19.4 Å². The first-order valence-corrected chi connectivity index (χ1v) is 14.2. The molecule has 1 aliphatic rings. The first-order valence-electron chi connectivity index (χ1n) is 13.5. The van der Waals surface area contributed by atoms with Crippen molar-refractivity contribution < 1.29 is 28.6 Å². The Kier molecular flexibility index (Phi) is 11.8. The number of nitrogens with zero attached hydrogens (tertiary/aromatic N) is 2. The largest absolute Gasteiger partial charge is 0.371 e. The van der Waals surface area contributed by atoms with Crippen LogP contribution in [0.3, 0.4) is 0 Å². The molecular weight excluding hydrogens is 616 g/mol. The second-order valence-corrected chi connectivity index (χ2v) is 10.4. The molecule has 0 fully saturated rings. The van der Waals surface area contributed by atoms with Crippen LogP contribution < -0.4 is 26.6 Å². The maximum atomic E-state index is 13.3. The Balaban J connectivity index is 1.30. The van der Waals surface area contributed by atoms with Crippen LogP contribution in [0.1, 0.15) is 20.7 Å². The van der Waals surface area contributed by atoms with Crippen LogP contribution in [0.25, 0.3) is 11.1 Å². The number of aliphatic hydroxyl groups is 1. The number of carbonyl (C=O) groups excluding carboxylic acids is 3. The summed E-state index contributed by atoms with van der Waals surface area (Å²) in [6.07, 6.45) is 2.22. The highest BCUT2D eigenvalue weighted by molar-refractivity contribution is 6.40. The molecule has 0 saturated heterocycles. The molecule has 0 bridgehead atoms. The van der Waals surface area contributed by atoms with Crippen LogP contribution in [0, 0.1) is 0 Å². The summed E-state index contributed by atoms with van der Waals surface area (Å²) in [5.41, 5.74) is 2.31. The van der Waals surface area contributed by atoms with E-state index in [9.17, 15) is 18.8 Å². The summed E-state index contributed by atoms with van der Waals surface area (Å²) < 4.78 is 18.3. The van der Waals surface area contributed by atoms with Crippen LogP contribution in [0.4, 0.5) is 10.1 Å². The van der Waals surface area contributed by atoms with E-state index < -0.39 is 36.7 Å². The van der Waals surface area contributed by atoms with Gasteiger partial charge in [-0.2, -0.15) is 0 Å². The quantitative estimate of drug-likeness (QED) is 0.163. The van der Waals surface area contributed by atoms with E-state index in [4.69, 9.17) is 33.0 Å². The smallest absolute Gasteiger partial charge is 0.254 e. The molecule has 4 rings (SSSR count). The summed E-state index contributed by atoms with van der Waals surface area (Å²) >= 11 is 12.8. The van der Waals surface area contributed by atoms with E-state index >= 15 is 0 Å². The standard InChI is InChI=1S/C29H30Cl2FN7O5/c30-23-8-19(18-4-2-6-33-10-18)9-24(31)26(23)28(43)38-22(15-44-16-40)13-34-25(41)14-35-27(42)17-3-1-5-21(7-17)39-29-36-11-20(32)12-37-29/h1-10,20,22,40H,11-16H2,(H,34,41)(H,35,42)(H,38,43)(H2,36,37,39)/t22-/m0/s1. The van der Waals surface area contributed by atoms with Crippen molar-refractivity contribution in [3.05, 3.63) is 82.1 Å². The number of pyridine rings is 1. The van der Waals surface area contributed by atoms with Gasteiger partial charge in [-0.15, -0.1) is 0 Å². The monoisotopic (exact) mass is 645 g/mol. The lowest BCUT2D eigenvalue weighted by atomic mass is 10.0. The fourth-order valence-electron chi connectivity index (χ4n) is 4.13. The molecule has 2 atom stereocenters. The summed E-state index contributed by atoms with van der Waals surface area (Å²) in [4.78, 5) is 46.4.